The smallest absolute Gasteiger partial charge is 0.254 e. The molecule has 6 nitrogen and oxygen atoms in total. The third-order valence-corrected chi connectivity index (χ3v) is 7.27. The van der Waals surface area contributed by atoms with E-state index >= 15 is 0 Å². The Hall–Kier alpha value is -2.53. The highest BCUT2D eigenvalue weighted by molar-refractivity contribution is 6.35. The van der Waals surface area contributed by atoms with E-state index in [1.54, 1.807) is 18.2 Å². The number of carbonyl (C=O) groups is 1. The molecule has 0 bridgehead atoms. The first kappa shape index (κ1) is 25.1. The van der Waals surface area contributed by atoms with Gasteiger partial charge in [0.05, 0.1) is 19.3 Å². The van der Waals surface area contributed by atoms with Crippen LogP contribution in [0, 0.1) is 11.8 Å². The van der Waals surface area contributed by atoms with E-state index in [-0.39, 0.29) is 18.1 Å². The molecule has 8 heteroatoms. The van der Waals surface area contributed by atoms with Crippen molar-refractivity contribution in [2.75, 3.05) is 45.9 Å². The van der Waals surface area contributed by atoms with Gasteiger partial charge in [-0.3, -0.25) is 9.69 Å². The predicted molar refractivity (Wildman–Crippen MR) is 145 cm³/mol. The number of aromatic nitrogens is 1. The highest BCUT2D eigenvalue weighted by atomic mass is 35.5. The molecule has 1 unspecified atom stereocenters. The average Bonchev–Trinajstić information content (AvgIpc) is 3.29. The quantitative estimate of drug-likeness (QED) is 0.490. The highest BCUT2D eigenvalue weighted by Gasteiger charge is 2.31. The molecule has 2 aromatic carbocycles. The van der Waals surface area contributed by atoms with Crippen LogP contribution in [0.2, 0.25) is 10.0 Å². The Morgan fingerprint density at radius 3 is 2.75 bits per heavy atom. The molecule has 0 spiro atoms. The molecular weight excluding hydrogens is 495 g/mol. The normalized spacial score (nSPS) is 20.8. The molecule has 1 amide bonds. The molecule has 0 aliphatic carbocycles. The first-order chi connectivity index (χ1) is 17.6. The number of hydrogen-bond acceptors (Lipinski definition) is 4. The number of H-pyrrole nitrogens is 1. The van der Waals surface area contributed by atoms with Gasteiger partial charge in [0, 0.05) is 77.9 Å². The zero-order chi connectivity index (χ0) is 24.9. The summed E-state index contributed by atoms with van der Waals surface area (Å²) in [4.78, 5) is 21.2. The number of nitrogens with zero attached hydrogens (tertiary/aromatic N) is 2. The largest absolute Gasteiger partial charge is 0.375 e. The fourth-order valence-electron chi connectivity index (χ4n) is 5.01. The number of hydrogen-bond donors (Lipinski definition) is 2. The van der Waals surface area contributed by atoms with Gasteiger partial charge in [-0.15, -0.1) is 0 Å². The van der Waals surface area contributed by atoms with Crippen molar-refractivity contribution in [1.29, 1.82) is 0 Å². The van der Waals surface area contributed by atoms with Crippen LogP contribution in [-0.4, -0.2) is 78.7 Å². The highest BCUT2D eigenvalue weighted by Crippen LogP contribution is 2.25. The van der Waals surface area contributed by atoms with E-state index in [2.05, 4.69) is 45.4 Å². The fraction of sp³-hybridized carbons (Fsp3) is 0.393. The van der Waals surface area contributed by atoms with Gasteiger partial charge in [-0.2, -0.15) is 0 Å². The lowest BCUT2D eigenvalue weighted by molar-refractivity contribution is 0.0321. The molecule has 36 heavy (non-hydrogen) atoms. The summed E-state index contributed by atoms with van der Waals surface area (Å²) >= 11 is 12.4. The Bertz CT molecular complexity index is 1260. The minimum atomic E-state index is -0.0445. The van der Waals surface area contributed by atoms with Crippen LogP contribution in [0.1, 0.15) is 22.3 Å². The van der Waals surface area contributed by atoms with E-state index < -0.39 is 0 Å². The van der Waals surface area contributed by atoms with Gasteiger partial charge in [-0.1, -0.05) is 53.2 Å². The van der Waals surface area contributed by atoms with Gasteiger partial charge < -0.3 is 19.9 Å². The van der Waals surface area contributed by atoms with Crippen LogP contribution < -0.4 is 5.32 Å². The monoisotopic (exact) mass is 524 g/mol. The van der Waals surface area contributed by atoms with Crippen LogP contribution in [0.25, 0.3) is 10.9 Å². The van der Waals surface area contributed by atoms with Crippen LogP contribution in [0.4, 0.5) is 0 Å². The summed E-state index contributed by atoms with van der Waals surface area (Å²) in [5, 5.41) is 5.46. The summed E-state index contributed by atoms with van der Waals surface area (Å²) in [5.41, 5.74) is 2.82. The van der Waals surface area contributed by atoms with E-state index in [0.717, 1.165) is 51.1 Å². The number of fused-ring (bicyclic) bond motifs is 1. The summed E-state index contributed by atoms with van der Waals surface area (Å²) in [6.07, 6.45) is 3.70. The first-order valence-corrected chi connectivity index (χ1v) is 13.1. The number of rotatable bonds is 5. The van der Waals surface area contributed by atoms with Crippen molar-refractivity contribution in [2.24, 2.45) is 0 Å². The predicted octanol–water partition coefficient (Wildman–Crippen LogP) is 4.23. The van der Waals surface area contributed by atoms with Gasteiger partial charge in [0.1, 0.15) is 0 Å². The Kier molecular flexibility index (Phi) is 8.15. The van der Waals surface area contributed by atoms with Crippen LogP contribution in [-0.2, 0) is 11.2 Å². The molecule has 1 aromatic heterocycles. The third kappa shape index (κ3) is 6.05. The molecule has 2 aliphatic rings. The summed E-state index contributed by atoms with van der Waals surface area (Å²) in [5.74, 6) is 6.57. The number of aromatic amines is 1. The summed E-state index contributed by atoms with van der Waals surface area (Å²) in [7, 11) is 0. The lowest BCUT2D eigenvalue weighted by Crippen LogP contribution is -2.56. The third-order valence-electron chi connectivity index (χ3n) is 6.83. The second kappa shape index (κ2) is 11.7. The first-order valence-electron chi connectivity index (χ1n) is 12.4. The standard InChI is InChI=1S/C28H30Cl2N4O2/c29-22-13-20(14-23(30)16-22)28(35)34-11-10-33(9-4-3-5-25-18-31-8-12-36-25)19-24(34)15-21-17-32-27-7-2-1-6-26(21)27/h1-2,6-7,13-14,16-17,24-25,31-32H,5,8-12,15,18-19H2/t24-,25?/m1/s1. The average molecular weight is 525 g/mol. The number of benzene rings is 2. The maximum absolute atomic E-state index is 13.6. The van der Waals surface area contributed by atoms with Crippen LogP contribution >= 0.6 is 23.2 Å². The van der Waals surface area contributed by atoms with Crippen molar-refractivity contribution in [3.63, 3.8) is 0 Å². The van der Waals surface area contributed by atoms with Gasteiger partial charge in [0.2, 0.25) is 0 Å². The minimum Gasteiger partial charge on any atom is -0.375 e. The second-order valence-corrected chi connectivity index (χ2v) is 10.2. The van der Waals surface area contributed by atoms with Crippen molar-refractivity contribution in [1.82, 2.24) is 20.1 Å². The van der Waals surface area contributed by atoms with Crippen molar-refractivity contribution in [3.8, 4) is 11.8 Å². The molecule has 0 radical (unpaired) electrons. The Balaban J connectivity index is 1.32. The molecule has 5 rings (SSSR count). The fourth-order valence-corrected chi connectivity index (χ4v) is 5.53. The van der Waals surface area contributed by atoms with E-state index in [1.807, 2.05) is 17.0 Å². The van der Waals surface area contributed by atoms with Gasteiger partial charge >= 0.3 is 0 Å². The molecule has 0 saturated carbocycles. The van der Waals surface area contributed by atoms with Gasteiger partial charge in [0.25, 0.3) is 5.91 Å². The molecule has 3 heterocycles. The maximum atomic E-state index is 13.6. The second-order valence-electron chi connectivity index (χ2n) is 9.36. The minimum absolute atomic E-state index is 0.00380. The zero-order valence-electron chi connectivity index (χ0n) is 20.1. The summed E-state index contributed by atoms with van der Waals surface area (Å²) < 4.78 is 5.74. The van der Waals surface area contributed by atoms with E-state index in [1.165, 1.54) is 10.9 Å². The number of ether oxygens (including phenoxy) is 1. The molecule has 2 fully saturated rings. The van der Waals surface area contributed by atoms with E-state index in [0.29, 0.717) is 28.7 Å². The van der Waals surface area contributed by atoms with Gasteiger partial charge in [0.15, 0.2) is 0 Å². The number of carbonyl (C=O) groups excluding carboxylic acids is 1. The summed E-state index contributed by atoms with van der Waals surface area (Å²) in [6.45, 7) is 5.32. The number of morpholine rings is 1. The Morgan fingerprint density at radius 1 is 1.11 bits per heavy atom. The van der Waals surface area contributed by atoms with Crippen LogP contribution in [0.5, 0.6) is 0 Å². The number of nitrogens with one attached hydrogen (secondary N) is 2. The molecule has 2 aliphatic heterocycles. The molecule has 3 aromatic rings. The zero-order valence-corrected chi connectivity index (χ0v) is 21.6. The van der Waals surface area contributed by atoms with E-state index in [9.17, 15) is 4.79 Å². The van der Waals surface area contributed by atoms with Gasteiger partial charge in [-0.05, 0) is 36.2 Å². The maximum Gasteiger partial charge on any atom is 0.254 e. The topological polar surface area (TPSA) is 60.6 Å². The number of para-hydroxylation sites is 1. The lowest BCUT2D eigenvalue weighted by Gasteiger charge is -2.41. The van der Waals surface area contributed by atoms with Crippen molar-refractivity contribution in [2.45, 2.75) is 25.0 Å². The molecule has 2 N–H and O–H groups in total. The SMILES string of the molecule is O=C(c1cc(Cl)cc(Cl)c1)N1CCN(CC#CCC2CNCCO2)C[C@H]1Cc1c[nH]c2ccccc12. The van der Waals surface area contributed by atoms with Crippen LogP contribution in [0.3, 0.4) is 0 Å². The molecular formula is C28H30Cl2N4O2. The van der Waals surface area contributed by atoms with Crippen molar-refractivity contribution >= 4 is 40.0 Å². The Morgan fingerprint density at radius 2 is 1.94 bits per heavy atom. The van der Waals surface area contributed by atoms with E-state index in [4.69, 9.17) is 27.9 Å². The molecule has 2 saturated heterocycles. The number of amides is 1. The lowest BCUT2D eigenvalue weighted by atomic mass is 10.00. The van der Waals surface area contributed by atoms with Crippen LogP contribution in [0.15, 0.2) is 48.7 Å². The Labute approximate surface area is 221 Å². The molecule has 188 valence electrons. The molecule has 2 atom stereocenters. The number of piperazine rings is 1. The summed E-state index contributed by atoms with van der Waals surface area (Å²) in [6, 6.07) is 13.3. The van der Waals surface area contributed by atoms with Crippen molar-refractivity contribution < 1.29 is 9.53 Å². The number of halogens is 2. The van der Waals surface area contributed by atoms with Gasteiger partial charge in [-0.25, -0.2) is 0 Å². The van der Waals surface area contributed by atoms with Crippen molar-refractivity contribution in [3.05, 3.63) is 69.8 Å².